The molecular formula is C22H28N4O6S. The third-order valence-electron chi connectivity index (χ3n) is 6.61. The molecular weight excluding hydrogens is 448 g/mol. The predicted octanol–water partition coefficient (Wildman–Crippen LogP) is 1.86. The lowest BCUT2D eigenvalue weighted by atomic mass is 9.79. The van der Waals surface area contributed by atoms with Gasteiger partial charge in [0.1, 0.15) is 0 Å². The summed E-state index contributed by atoms with van der Waals surface area (Å²) in [4.78, 5) is 24.8. The van der Waals surface area contributed by atoms with E-state index in [1.54, 1.807) is 5.48 Å². The van der Waals surface area contributed by atoms with Crippen LogP contribution in [0.25, 0.3) is 5.57 Å². The second-order valence-electron chi connectivity index (χ2n) is 8.68. The molecule has 0 spiro atoms. The molecule has 0 saturated carbocycles. The van der Waals surface area contributed by atoms with Crippen LogP contribution in [0, 0.1) is 30.6 Å². The maximum absolute atomic E-state index is 13.2. The molecule has 2 aliphatic rings. The second-order valence-corrected chi connectivity index (χ2v) is 10.7. The summed E-state index contributed by atoms with van der Waals surface area (Å²) < 4.78 is 27.7. The minimum absolute atomic E-state index is 0.00362. The van der Waals surface area contributed by atoms with E-state index in [2.05, 4.69) is 6.07 Å². The average Bonchev–Trinajstić information content (AvgIpc) is 2.78. The smallest absolute Gasteiger partial charge is 0.407 e. The zero-order chi connectivity index (χ0) is 24.4. The highest BCUT2D eigenvalue weighted by Crippen LogP contribution is 2.35. The molecule has 11 heteroatoms. The van der Waals surface area contributed by atoms with Gasteiger partial charge in [-0.15, -0.1) is 0 Å². The number of benzene rings is 1. The lowest BCUT2D eigenvalue weighted by Crippen LogP contribution is -2.54. The first-order valence-corrected chi connectivity index (χ1v) is 12.2. The number of aryl methyl sites for hydroxylation is 2. The number of nitrogens with zero attached hydrogens (tertiary/aromatic N) is 3. The monoisotopic (exact) mass is 476 g/mol. The van der Waals surface area contributed by atoms with Gasteiger partial charge in [-0.1, -0.05) is 18.2 Å². The van der Waals surface area contributed by atoms with Crippen molar-refractivity contribution in [2.75, 3.05) is 31.9 Å². The fraction of sp³-hybridized carbons (Fsp3) is 0.500. The van der Waals surface area contributed by atoms with Gasteiger partial charge in [-0.25, -0.2) is 18.7 Å². The van der Waals surface area contributed by atoms with Crippen molar-refractivity contribution in [2.45, 2.75) is 33.1 Å². The SMILES string of the molecule is Cc1cc(C2=CCN(S(=O)(=O)CC3(C(=O)NO)CCN(C(=O)O)CC3)CC2)cc(C)c1C#N. The van der Waals surface area contributed by atoms with E-state index in [1.807, 2.05) is 32.1 Å². The van der Waals surface area contributed by atoms with E-state index < -0.39 is 33.2 Å². The molecule has 0 aliphatic carbocycles. The van der Waals surface area contributed by atoms with Crippen molar-refractivity contribution in [2.24, 2.45) is 5.41 Å². The number of nitriles is 1. The average molecular weight is 477 g/mol. The number of sulfonamides is 1. The predicted molar refractivity (Wildman–Crippen MR) is 120 cm³/mol. The first-order valence-electron chi connectivity index (χ1n) is 10.6. The van der Waals surface area contributed by atoms with Crippen LogP contribution in [0.4, 0.5) is 4.79 Å². The van der Waals surface area contributed by atoms with E-state index in [4.69, 9.17) is 5.11 Å². The Hall–Kier alpha value is -2.94. The van der Waals surface area contributed by atoms with Crippen LogP contribution >= 0.6 is 0 Å². The summed E-state index contributed by atoms with van der Waals surface area (Å²) in [6.07, 6.45) is 1.20. The molecule has 2 amide bonds. The highest BCUT2D eigenvalue weighted by Gasteiger charge is 2.47. The van der Waals surface area contributed by atoms with Crippen molar-refractivity contribution in [1.82, 2.24) is 14.7 Å². The van der Waals surface area contributed by atoms with E-state index >= 15 is 0 Å². The highest BCUT2D eigenvalue weighted by atomic mass is 32.2. The molecule has 2 aliphatic heterocycles. The number of carbonyl (C=O) groups is 2. The molecule has 1 aromatic rings. The van der Waals surface area contributed by atoms with E-state index in [1.165, 1.54) is 4.31 Å². The van der Waals surface area contributed by atoms with Crippen LogP contribution in [0.5, 0.6) is 0 Å². The molecule has 0 aromatic heterocycles. The Morgan fingerprint density at radius 2 is 1.79 bits per heavy atom. The van der Waals surface area contributed by atoms with Crippen LogP contribution in [-0.2, 0) is 14.8 Å². The molecule has 3 N–H and O–H groups in total. The fourth-order valence-electron chi connectivity index (χ4n) is 4.61. The standard InChI is InChI=1S/C22H28N4O6S/c1-15-11-18(12-16(2)19(15)13-23)17-3-7-26(8-4-17)33(31,32)14-22(20(27)24-30)5-9-25(10-6-22)21(28)29/h3,11-12,30H,4-10,14H2,1-2H3,(H,24,27)(H,28,29). The first-order chi connectivity index (χ1) is 15.5. The van der Waals surface area contributed by atoms with Crippen molar-refractivity contribution in [1.29, 1.82) is 5.26 Å². The van der Waals surface area contributed by atoms with Crippen molar-refractivity contribution in [3.63, 3.8) is 0 Å². The number of hydrogen-bond donors (Lipinski definition) is 3. The molecule has 0 unspecified atom stereocenters. The maximum atomic E-state index is 13.2. The van der Waals surface area contributed by atoms with Gasteiger partial charge in [-0.2, -0.15) is 9.57 Å². The molecule has 0 atom stereocenters. The lowest BCUT2D eigenvalue weighted by Gasteiger charge is -2.40. The number of likely N-dealkylation sites (tertiary alicyclic amines) is 1. The Kier molecular flexibility index (Phi) is 7.11. The van der Waals surface area contributed by atoms with Gasteiger partial charge in [-0.3, -0.25) is 10.0 Å². The van der Waals surface area contributed by atoms with Gasteiger partial charge in [0, 0.05) is 26.2 Å². The van der Waals surface area contributed by atoms with Crippen LogP contribution in [-0.4, -0.2) is 71.9 Å². The number of hydrogen-bond acceptors (Lipinski definition) is 6. The second kappa shape index (κ2) is 9.51. The summed E-state index contributed by atoms with van der Waals surface area (Å²) in [6.45, 7) is 4.16. The third-order valence-corrected chi connectivity index (χ3v) is 8.65. The van der Waals surface area contributed by atoms with Gasteiger partial charge in [0.05, 0.1) is 22.8 Å². The van der Waals surface area contributed by atoms with Crippen LogP contribution in [0.15, 0.2) is 18.2 Å². The van der Waals surface area contributed by atoms with Crippen molar-refractivity contribution < 1.29 is 28.3 Å². The van der Waals surface area contributed by atoms with E-state index in [-0.39, 0.29) is 39.0 Å². The molecule has 33 heavy (non-hydrogen) atoms. The summed E-state index contributed by atoms with van der Waals surface area (Å²) in [5, 5.41) is 27.6. The highest BCUT2D eigenvalue weighted by molar-refractivity contribution is 7.89. The summed E-state index contributed by atoms with van der Waals surface area (Å²) >= 11 is 0. The van der Waals surface area contributed by atoms with Gasteiger partial charge < -0.3 is 10.0 Å². The van der Waals surface area contributed by atoms with Gasteiger partial charge in [0.25, 0.3) is 5.91 Å². The van der Waals surface area contributed by atoms with Crippen molar-refractivity contribution in [3.05, 3.63) is 40.5 Å². The van der Waals surface area contributed by atoms with Crippen LogP contribution in [0.3, 0.4) is 0 Å². The van der Waals surface area contributed by atoms with E-state index in [9.17, 15) is 28.5 Å². The first kappa shape index (κ1) is 24.7. The lowest BCUT2D eigenvalue weighted by molar-refractivity contribution is -0.141. The number of carbonyl (C=O) groups excluding carboxylic acids is 1. The molecule has 0 radical (unpaired) electrons. The molecule has 1 saturated heterocycles. The molecule has 2 heterocycles. The Bertz CT molecular complexity index is 1110. The van der Waals surface area contributed by atoms with Crippen molar-refractivity contribution >= 4 is 27.6 Å². The molecule has 178 valence electrons. The van der Waals surface area contributed by atoms with Crippen LogP contribution < -0.4 is 5.48 Å². The van der Waals surface area contributed by atoms with Gasteiger partial charge in [0.15, 0.2) is 0 Å². The third kappa shape index (κ3) is 5.03. The molecule has 0 bridgehead atoms. The van der Waals surface area contributed by atoms with E-state index in [0.29, 0.717) is 12.0 Å². The normalized spacial score (nSPS) is 18.8. The summed E-state index contributed by atoms with van der Waals surface area (Å²) in [5.41, 5.74) is 4.50. The van der Waals surface area contributed by atoms with Crippen molar-refractivity contribution in [3.8, 4) is 6.07 Å². The number of amides is 2. The molecule has 3 rings (SSSR count). The number of piperidine rings is 1. The maximum Gasteiger partial charge on any atom is 0.407 e. The number of rotatable bonds is 5. The quantitative estimate of drug-likeness (QED) is 0.433. The molecule has 1 fully saturated rings. The summed E-state index contributed by atoms with van der Waals surface area (Å²) in [6, 6.07) is 6.05. The Morgan fingerprint density at radius 3 is 2.24 bits per heavy atom. The Balaban J connectivity index is 1.77. The molecule has 1 aromatic carbocycles. The van der Waals surface area contributed by atoms with Gasteiger partial charge in [0.2, 0.25) is 10.0 Å². The number of carboxylic acid groups (broad SMARTS) is 1. The largest absolute Gasteiger partial charge is 0.465 e. The van der Waals surface area contributed by atoms with E-state index in [0.717, 1.165) is 27.2 Å². The Labute approximate surface area is 193 Å². The summed E-state index contributed by atoms with van der Waals surface area (Å²) in [7, 11) is -3.86. The minimum atomic E-state index is -3.86. The minimum Gasteiger partial charge on any atom is -0.465 e. The number of hydroxylamine groups is 1. The van der Waals surface area contributed by atoms with Gasteiger partial charge >= 0.3 is 6.09 Å². The summed E-state index contributed by atoms with van der Waals surface area (Å²) in [5.74, 6) is -1.31. The molecule has 10 nitrogen and oxygen atoms in total. The van der Waals surface area contributed by atoms with Crippen LogP contribution in [0.2, 0.25) is 0 Å². The zero-order valence-electron chi connectivity index (χ0n) is 18.7. The topological polar surface area (TPSA) is 151 Å². The van der Waals surface area contributed by atoms with Gasteiger partial charge in [-0.05, 0) is 55.4 Å². The van der Waals surface area contributed by atoms with Crippen LogP contribution in [0.1, 0.15) is 41.5 Å². The number of nitrogens with one attached hydrogen (secondary N) is 1. The Morgan fingerprint density at radius 1 is 1.18 bits per heavy atom. The fourth-order valence-corrected chi connectivity index (χ4v) is 6.58. The zero-order valence-corrected chi connectivity index (χ0v) is 19.5.